The normalized spacial score (nSPS) is 24.2. The number of likely N-dealkylation sites (tertiary alicyclic amines) is 1. The second-order valence-electron chi connectivity index (χ2n) is 8.56. The maximum Gasteiger partial charge on any atom is 0.325 e. The summed E-state index contributed by atoms with van der Waals surface area (Å²) in [5, 5.41) is 12.6. The van der Waals surface area contributed by atoms with Gasteiger partial charge in [0.25, 0.3) is 5.91 Å². The number of piperidine rings is 1. The summed E-state index contributed by atoms with van der Waals surface area (Å²) < 4.78 is 5.18. The third-order valence-electron chi connectivity index (χ3n) is 6.69. The zero-order valence-electron chi connectivity index (χ0n) is 18.4. The Kier molecular flexibility index (Phi) is 7.36. The van der Waals surface area contributed by atoms with E-state index in [1.165, 1.54) is 4.90 Å². The van der Waals surface area contributed by atoms with Crippen molar-refractivity contribution in [1.29, 1.82) is 0 Å². The van der Waals surface area contributed by atoms with Gasteiger partial charge in [-0.2, -0.15) is 0 Å². The van der Waals surface area contributed by atoms with Crippen molar-refractivity contribution < 1.29 is 19.4 Å². The van der Waals surface area contributed by atoms with Gasteiger partial charge in [0.05, 0.1) is 13.2 Å². The molecule has 3 rings (SSSR count). The maximum absolute atomic E-state index is 13.4. The molecule has 1 aromatic carbocycles. The summed E-state index contributed by atoms with van der Waals surface area (Å²) >= 11 is 0. The van der Waals surface area contributed by atoms with E-state index >= 15 is 0 Å². The summed E-state index contributed by atoms with van der Waals surface area (Å²) in [6, 6.07) is 7.44. The quantitative estimate of drug-likeness (QED) is 0.603. The number of hydrogen-bond donors (Lipinski definition) is 2. The Bertz CT molecular complexity index is 728. The van der Waals surface area contributed by atoms with Crippen molar-refractivity contribution in [3.63, 3.8) is 0 Å². The summed E-state index contributed by atoms with van der Waals surface area (Å²) in [5.74, 6) is 0.859. The number of aliphatic hydroxyl groups excluding tert-OH is 1. The number of ether oxygens (including phenoxy) is 1. The number of rotatable bonds is 9. The van der Waals surface area contributed by atoms with E-state index in [0.29, 0.717) is 19.4 Å². The highest BCUT2D eigenvalue weighted by molar-refractivity contribution is 6.07. The van der Waals surface area contributed by atoms with E-state index in [1.54, 1.807) is 7.11 Å². The largest absolute Gasteiger partial charge is 0.497 e. The van der Waals surface area contributed by atoms with Crippen LogP contribution in [-0.2, 0) is 11.2 Å². The fourth-order valence-corrected chi connectivity index (χ4v) is 4.70. The molecule has 166 valence electrons. The number of aliphatic hydroxyl groups is 1. The molecule has 0 unspecified atom stereocenters. The Morgan fingerprint density at radius 2 is 1.87 bits per heavy atom. The van der Waals surface area contributed by atoms with Gasteiger partial charge in [-0.3, -0.25) is 9.69 Å². The summed E-state index contributed by atoms with van der Waals surface area (Å²) in [4.78, 5) is 29.8. The average Bonchev–Trinajstić information content (AvgIpc) is 3.01. The average molecular weight is 418 g/mol. The third kappa shape index (κ3) is 4.78. The van der Waals surface area contributed by atoms with Crippen LogP contribution in [0.5, 0.6) is 5.75 Å². The highest BCUT2D eigenvalue weighted by atomic mass is 16.5. The molecule has 0 aliphatic carbocycles. The van der Waals surface area contributed by atoms with Crippen molar-refractivity contribution in [1.82, 2.24) is 15.1 Å². The second kappa shape index (κ2) is 9.79. The predicted octanol–water partition coefficient (Wildman–Crippen LogP) is 2.42. The van der Waals surface area contributed by atoms with Crippen molar-refractivity contribution in [2.24, 2.45) is 5.92 Å². The molecule has 3 amide bonds. The molecule has 2 heterocycles. The Morgan fingerprint density at radius 3 is 2.43 bits per heavy atom. The van der Waals surface area contributed by atoms with Gasteiger partial charge < -0.3 is 20.1 Å². The Hall–Kier alpha value is -2.12. The standard InChI is InChI=1S/C23H35N3O4/c1-4-23(19-11-14-25(15-12-19)13-9-17(2)27)21(28)26(22(29)24-23)16-10-18-5-7-20(30-3)8-6-18/h5-8,17,19,27H,4,9-16H2,1-3H3,(H,24,29)/t17-,23-/m0/s1. The van der Waals surface area contributed by atoms with Gasteiger partial charge >= 0.3 is 6.03 Å². The molecule has 2 aliphatic rings. The van der Waals surface area contributed by atoms with Crippen LogP contribution in [0.4, 0.5) is 4.79 Å². The van der Waals surface area contributed by atoms with Gasteiger partial charge in [0, 0.05) is 13.1 Å². The Morgan fingerprint density at radius 1 is 1.20 bits per heavy atom. The first kappa shape index (κ1) is 22.6. The number of imide groups is 1. The molecular weight excluding hydrogens is 382 g/mol. The highest BCUT2D eigenvalue weighted by Crippen LogP contribution is 2.36. The molecule has 7 nitrogen and oxygen atoms in total. The Labute approximate surface area is 179 Å². The number of methoxy groups -OCH3 is 1. The molecule has 0 bridgehead atoms. The number of urea groups is 1. The lowest BCUT2D eigenvalue weighted by atomic mass is 9.75. The molecule has 0 spiro atoms. The third-order valence-corrected chi connectivity index (χ3v) is 6.69. The van der Waals surface area contributed by atoms with Crippen LogP contribution in [0.2, 0.25) is 0 Å². The van der Waals surface area contributed by atoms with Gasteiger partial charge in [-0.15, -0.1) is 0 Å². The minimum absolute atomic E-state index is 0.0778. The lowest BCUT2D eigenvalue weighted by Crippen LogP contribution is -2.55. The van der Waals surface area contributed by atoms with Gasteiger partial charge in [0.15, 0.2) is 0 Å². The van der Waals surface area contributed by atoms with E-state index in [9.17, 15) is 14.7 Å². The maximum atomic E-state index is 13.4. The monoisotopic (exact) mass is 417 g/mol. The van der Waals surface area contributed by atoms with Crippen molar-refractivity contribution in [2.75, 3.05) is 33.3 Å². The van der Waals surface area contributed by atoms with Crippen LogP contribution < -0.4 is 10.1 Å². The van der Waals surface area contributed by atoms with E-state index in [4.69, 9.17) is 4.74 Å². The number of hydrogen-bond acceptors (Lipinski definition) is 5. The molecule has 0 radical (unpaired) electrons. The summed E-state index contributed by atoms with van der Waals surface area (Å²) in [5.41, 5.74) is 0.282. The van der Waals surface area contributed by atoms with Gasteiger partial charge in [-0.1, -0.05) is 19.1 Å². The minimum atomic E-state index is -0.784. The summed E-state index contributed by atoms with van der Waals surface area (Å²) in [7, 11) is 1.63. The van der Waals surface area contributed by atoms with Gasteiger partial charge in [-0.05, 0) is 75.7 Å². The first-order valence-corrected chi connectivity index (χ1v) is 11.1. The summed E-state index contributed by atoms with van der Waals surface area (Å²) in [6.45, 7) is 6.85. The molecule has 2 N–H and O–H groups in total. The number of carbonyl (C=O) groups excluding carboxylic acids is 2. The number of benzene rings is 1. The zero-order valence-corrected chi connectivity index (χ0v) is 18.4. The van der Waals surface area contributed by atoms with Crippen molar-refractivity contribution in [3.05, 3.63) is 29.8 Å². The zero-order chi connectivity index (χ0) is 21.7. The smallest absolute Gasteiger partial charge is 0.325 e. The van der Waals surface area contributed by atoms with Crippen LogP contribution in [0.25, 0.3) is 0 Å². The molecule has 0 aromatic heterocycles. The van der Waals surface area contributed by atoms with E-state index in [1.807, 2.05) is 38.1 Å². The minimum Gasteiger partial charge on any atom is -0.497 e. The van der Waals surface area contributed by atoms with Gasteiger partial charge in [0.2, 0.25) is 0 Å². The van der Waals surface area contributed by atoms with Crippen molar-refractivity contribution in [2.45, 2.75) is 57.6 Å². The summed E-state index contributed by atoms with van der Waals surface area (Å²) in [6.07, 6.45) is 3.46. The van der Waals surface area contributed by atoms with Gasteiger partial charge in [-0.25, -0.2) is 4.79 Å². The first-order chi connectivity index (χ1) is 14.4. The molecule has 2 saturated heterocycles. The predicted molar refractivity (Wildman–Crippen MR) is 115 cm³/mol. The fourth-order valence-electron chi connectivity index (χ4n) is 4.70. The number of nitrogens with one attached hydrogen (secondary N) is 1. The number of carbonyl (C=O) groups is 2. The number of nitrogens with zero attached hydrogens (tertiary/aromatic N) is 2. The van der Waals surface area contributed by atoms with Crippen LogP contribution >= 0.6 is 0 Å². The van der Waals surface area contributed by atoms with Crippen LogP contribution in [0.1, 0.15) is 45.1 Å². The molecule has 2 atom stereocenters. The highest BCUT2D eigenvalue weighted by Gasteiger charge is 2.54. The van der Waals surface area contributed by atoms with Crippen molar-refractivity contribution >= 4 is 11.9 Å². The fraction of sp³-hybridized carbons (Fsp3) is 0.652. The van der Waals surface area contributed by atoms with Crippen LogP contribution in [-0.4, -0.2) is 71.8 Å². The second-order valence-corrected chi connectivity index (χ2v) is 8.56. The molecule has 30 heavy (non-hydrogen) atoms. The van der Waals surface area contributed by atoms with Gasteiger partial charge in [0.1, 0.15) is 11.3 Å². The SMILES string of the molecule is CC[C@@]1(C2CCN(CC[C@H](C)O)CC2)NC(=O)N(CCc2ccc(OC)cc2)C1=O. The first-order valence-electron chi connectivity index (χ1n) is 11.1. The van der Waals surface area contributed by atoms with Crippen LogP contribution in [0, 0.1) is 5.92 Å². The molecular formula is C23H35N3O4. The van der Waals surface area contributed by atoms with E-state index in [2.05, 4.69) is 10.2 Å². The topological polar surface area (TPSA) is 82.1 Å². The molecule has 2 aliphatic heterocycles. The van der Waals surface area contributed by atoms with E-state index in [-0.39, 0.29) is 24.0 Å². The molecule has 7 heteroatoms. The molecule has 0 saturated carbocycles. The van der Waals surface area contributed by atoms with Crippen LogP contribution in [0.15, 0.2) is 24.3 Å². The van der Waals surface area contributed by atoms with Crippen LogP contribution in [0.3, 0.4) is 0 Å². The van der Waals surface area contributed by atoms with E-state index in [0.717, 1.165) is 50.2 Å². The lowest BCUT2D eigenvalue weighted by molar-refractivity contribution is -0.134. The van der Waals surface area contributed by atoms with E-state index < -0.39 is 5.54 Å². The number of amides is 3. The molecule has 1 aromatic rings. The van der Waals surface area contributed by atoms with Crippen molar-refractivity contribution in [3.8, 4) is 5.75 Å². The lowest BCUT2D eigenvalue weighted by Gasteiger charge is -2.40. The Balaban J connectivity index is 1.60. The molecule has 2 fully saturated rings.